The summed E-state index contributed by atoms with van der Waals surface area (Å²) in [5.41, 5.74) is 7.77. The zero-order valence-electron chi connectivity index (χ0n) is 18.4. The van der Waals surface area contributed by atoms with E-state index in [1.54, 1.807) is 12.4 Å². The van der Waals surface area contributed by atoms with Gasteiger partial charge in [-0.05, 0) is 48.9 Å². The lowest BCUT2D eigenvalue weighted by atomic mass is 9.81. The molecule has 0 bridgehead atoms. The second-order valence-corrected chi connectivity index (χ2v) is 8.29. The van der Waals surface area contributed by atoms with E-state index < -0.39 is 5.54 Å². The Bertz CT molecular complexity index is 931. The Morgan fingerprint density at radius 1 is 1.06 bits per heavy atom. The van der Waals surface area contributed by atoms with E-state index in [-0.39, 0.29) is 5.78 Å². The Morgan fingerprint density at radius 3 is 2.44 bits per heavy atom. The van der Waals surface area contributed by atoms with Gasteiger partial charge in [0.1, 0.15) is 5.69 Å². The van der Waals surface area contributed by atoms with Crippen LogP contribution in [0.2, 0.25) is 0 Å². The molecule has 7 heteroatoms. The van der Waals surface area contributed by atoms with Gasteiger partial charge in [-0.15, -0.1) is 0 Å². The second kappa shape index (κ2) is 10.6. The van der Waals surface area contributed by atoms with Gasteiger partial charge in [0.15, 0.2) is 0 Å². The molecule has 2 aliphatic heterocycles. The maximum Gasteiger partial charge on any atom is 0.201 e. The van der Waals surface area contributed by atoms with Gasteiger partial charge in [0, 0.05) is 58.3 Å². The molecule has 2 aliphatic rings. The van der Waals surface area contributed by atoms with Crippen LogP contribution in [0.15, 0.2) is 71.5 Å². The SMILES string of the molecule is NC=C(C=Nc1ccccc1)CN1CCN(C2(C(=O)c3ccccn3)CCOCC2)CC1. The van der Waals surface area contributed by atoms with Gasteiger partial charge < -0.3 is 10.5 Å². The summed E-state index contributed by atoms with van der Waals surface area (Å²) in [5.74, 6) is 0.118. The van der Waals surface area contributed by atoms with Crippen LogP contribution in [-0.4, -0.2) is 78.3 Å². The Kier molecular flexibility index (Phi) is 7.42. The first-order valence-electron chi connectivity index (χ1n) is 11.2. The molecule has 0 aliphatic carbocycles. The van der Waals surface area contributed by atoms with E-state index in [2.05, 4.69) is 19.8 Å². The molecule has 7 nitrogen and oxygen atoms in total. The molecule has 1 aromatic carbocycles. The van der Waals surface area contributed by atoms with Crippen molar-refractivity contribution in [3.05, 3.63) is 72.2 Å². The van der Waals surface area contributed by atoms with Crippen LogP contribution in [0.25, 0.3) is 0 Å². The number of aromatic nitrogens is 1. The number of para-hydroxylation sites is 1. The molecule has 2 saturated heterocycles. The zero-order chi connectivity index (χ0) is 22.2. The molecule has 32 heavy (non-hydrogen) atoms. The molecule has 0 spiro atoms. The molecule has 0 atom stereocenters. The monoisotopic (exact) mass is 433 g/mol. The predicted octanol–water partition coefficient (Wildman–Crippen LogP) is 2.68. The van der Waals surface area contributed by atoms with Gasteiger partial charge >= 0.3 is 0 Å². The number of aliphatic imine (C=N–C) groups is 1. The molecule has 3 heterocycles. The topological polar surface area (TPSA) is 84.0 Å². The molecular weight excluding hydrogens is 402 g/mol. The quantitative estimate of drug-likeness (QED) is 0.534. The average molecular weight is 434 g/mol. The highest BCUT2D eigenvalue weighted by molar-refractivity contribution is 6.01. The van der Waals surface area contributed by atoms with E-state index >= 15 is 0 Å². The number of pyridine rings is 1. The third-order valence-corrected chi connectivity index (χ3v) is 6.37. The third kappa shape index (κ3) is 5.12. The summed E-state index contributed by atoms with van der Waals surface area (Å²) >= 11 is 0. The molecule has 2 fully saturated rings. The van der Waals surface area contributed by atoms with Gasteiger partial charge in [0.25, 0.3) is 0 Å². The van der Waals surface area contributed by atoms with Gasteiger partial charge in [-0.3, -0.25) is 24.6 Å². The van der Waals surface area contributed by atoms with Crippen LogP contribution in [0.3, 0.4) is 0 Å². The molecule has 0 radical (unpaired) electrons. The number of hydrogen-bond acceptors (Lipinski definition) is 7. The Morgan fingerprint density at radius 2 is 1.78 bits per heavy atom. The van der Waals surface area contributed by atoms with E-state index in [0.29, 0.717) is 31.7 Å². The highest BCUT2D eigenvalue weighted by Gasteiger charge is 2.46. The van der Waals surface area contributed by atoms with Gasteiger partial charge in [-0.1, -0.05) is 24.3 Å². The molecule has 4 rings (SSSR count). The fraction of sp³-hybridized carbons (Fsp3) is 0.400. The summed E-state index contributed by atoms with van der Waals surface area (Å²) in [6.45, 7) is 5.34. The molecule has 0 saturated carbocycles. The largest absolute Gasteiger partial charge is 0.404 e. The number of piperazine rings is 1. The number of rotatable bonds is 7. The maximum atomic E-state index is 13.5. The van der Waals surface area contributed by atoms with Crippen molar-refractivity contribution in [3.8, 4) is 0 Å². The first-order valence-corrected chi connectivity index (χ1v) is 11.2. The lowest BCUT2D eigenvalue weighted by molar-refractivity contribution is -0.0322. The first-order chi connectivity index (χ1) is 15.7. The fourth-order valence-electron chi connectivity index (χ4n) is 4.53. The molecule has 1 aromatic heterocycles. The average Bonchev–Trinajstić information content (AvgIpc) is 2.88. The number of carbonyl (C=O) groups excluding carboxylic acids is 1. The number of benzene rings is 1. The Balaban J connectivity index is 1.40. The summed E-state index contributed by atoms with van der Waals surface area (Å²) < 4.78 is 5.61. The fourth-order valence-corrected chi connectivity index (χ4v) is 4.53. The van der Waals surface area contributed by atoms with Crippen molar-refractivity contribution in [1.82, 2.24) is 14.8 Å². The van der Waals surface area contributed by atoms with E-state index in [4.69, 9.17) is 10.5 Å². The molecule has 168 valence electrons. The van der Waals surface area contributed by atoms with Crippen LogP contribution in [-0.2, 0) is 4.74 Å². The minimum absolute atomic E-state index is 0.118. The number of carbonyl (C=O) groups is 1. The Hall–Kier alpha value is -2.87. The summed E-state index contributed by atoms with van der Waals surface area (Å²) in [7, 11) is 0. The number of hydrogen-bond donors (Lipinski definition) is 1. The molecule has 0 amide bonds. The minimum Gasteiger partial charge on any atom is -0.404 e. The lowest BCUT2D eigenvalue weighted by Crippen LogP contribution is -2.62. The van der Waals surface area contributed by atoms with Gasteiger partial charge in [-0.2, -0.15) is 0 Å². The van der Waals surface area contributed by atoms with Crippen LogP contribution in [0.5, 0.6) is 0 Å². The molecule has 2 aromatic rings. The smallest absolute Gasteiger partial charge is 0.201 e. The molecule has 0 unspecified atom stereocenters. The summed E-state index contributed by atoms with van der Waals surface area (Å²) in [6.07, 6.45) is 6.58. The summed E-state index contributed by atoms with van der Waals surface area (Å²) in [5, 5.41) is 0. The van der Waals surface area contributed by atoms with E-state index in [9.17, 15) is 4.79 Å². The number of nitrogens with two attached hydrogens (primary N) is 1. The standard InChI is InChI=1S/C25H31N5O2/c26-18-21(19-28-22-6-2-1-3-7-22)20-29-12-14-30(15-13-29)25(9-16-32-17-10-25)24(31)23-8-4-5-11-27-23/h1-8,11,18-19H,9-10,12-17,20,26H2. The van der Waals surface area contributed by atoms with Crippen molar-refractivity contribution < 1.29 is 9.53 Å². The van der Waals surface area contributed by atoms with Crippen molar-refractivity contribution in [1.29, 1.82) is 0 Å². The number of nitrogens with zero attached hydrogens (tertiary/aromatic N) is 4. The Labute approximate surface area is 189 Å². The summed E-state index contributed by atoms with van der Waals surface area (Å²) in [6, 6.07) is 15.4. The first kappa shape index (κ1) is 22.3. The van der Waals surface area contributed by atoms with Crippen molar-refractivity contribution in [2.45, 2.75) is 18.4 Å². The normalized spacial score (nSPS) is 20.4. The van der Waals surface area contributed by atoms with E-state index in [0.717, 1.165) is 44.0 Å². The highest BCUT2D eigenvalue weighted by atomic mass is 16.5. The number of ketones is 1. The van der Waals surface area contributed by atoms with Crippen LogP contribution in [0.4, 0.5) is 5.69 Å². The molecule has 2 N–H and O–H groups in total. The third-order valence-electron chi connectivity index (χ3n) is 6.37. The van der Waals surface area contributed by atoms with Crippen molar-refractivity contribution >= 4 is 17.7 Å². The van der Waals surface area contributed by atoms with Crippen LogP contribution in [0, 0.1) is 0 Å². The van der Waals surface area contributed by atoms with Gasteiger partial charge in [0.05, 0.1) is 11.2 Å². The summed E-state index contributed by atoms with van der Waals surface area (Å²) in [4.78, 5) is 27.1. The second-order valence-electron chi connectivity index (χ2n) is 8.29. The molecular formula is C25H31N5O2. The van der Waals surface area contributed by atoms with E-state index in [1.807, 2.05) is 54.7 Å². The highest BCUT2D eigenvalue weighted by Crippen LogP contribution is 2.32. The number of Topliss-reactive ketones (excluding diaryl/α,β-unsaturated/α-hetero) is 1. The minimum atomic E-state index is -0.528. The van der Waals surface area contributed by atoms with Crippen molar-refractivity contribution in [2.24, 2.45) is 10.7 Å². The lowest BCUT2D eigenvalue weighted by Gasteiger charge is -2.48. The maximum absolute atomic E-state index is 13.5. The van der Waals surface area contributed by atoms with Gasteiger partial charge in [0.2, 0.25) is 5.78 Å². The van der Waals surface area contributed by atoms with Crippen LogP contribution < -0.4 is 5.73 Å². The predicted molar refractivity (Wildman–Crippen MR) is 126 cm³/mol. The van der Waals surface area contributed by atoms with Crippen molar-refractivity contribution in [3.63, 3.8) is 0 Å². The number of ether oxygens (including phenoxy) is 1. The van der Waals surface area contributed by atoms with Gasteiger partial charge in [-0.25, -0.2) is 0 Å². The van der Waals surface area contributed by atoms with Crippen LogP contribution in [0.1, 0.15) is 23.3 Å². The zero-order valence-corrected chi connectivity index (χ0v) is 18.4. The van der Waals surface area contributed by atoms with Crippen LogP contribution >= 0.6 is 0 Å². The van der Waals surface area contributed by atoms with Crippen molar-refractivity contribution in [2.75, 3.05) is 45.9 Å². The van der Waals surface area contributed by atoms with E-state index in [1.165, 1.54) is 0 Å².